The summed E-state index contributed by atoms with van der Waals surface area (Å²) in [6.45, 7) is 3.88. The molecule has 0 spiro atoms. The van der Waals surface area contributed by atoms with Crippen LogP contribution in [0.25, 0.3) is 6.08 Å². The van der Waals surface area contributed by atoms with Gasteiger partial charge in [0, 0.05) is 25.9 Å². The first-order valence-corrected chi connectivity index (χ1v) is 16.5. The molecule has 5 aromatic carbocycles. The fourth-order valence-corrected chi connectivity index (χ4v) is 7.03. The summed E-state index contributed by atoms with van der Waals surface area (Å²) in [5.74, 6) is -0.838. The quantitative estimate of drug-likeness (QED) is 0.131. The summed E-state index contributed by atoms with van der Waals surface area (Å²) in [6.07, 6.45) is 1.66. The lowest BCUT2D eigenvalue weighted by molar-refractivity contribution is -0.117. The maximum absolute atomic E-state index is 13.9. The first-order chi connectivity index (χ1) is 22.4. The predicted octanol–water partition coefficient (Wildman–Crippen LogP) is 8.71. The van der Waals surface area contributed by atoms with Crippen molar-refractivity contribution in [1.29, 1.82) is 0 Å². The predicted molar refractivity (Wildman–Crippen MR) is 188 cm³/mol. The van der Waals surface area contributed by atoms with E-state index in [0.29, 0.717) is 11.3 Å². The molecule has 8 heteroatoms. The van der Waals surface area contributed by atoms with E-state index in [-0.39, 0.29) is 22.8 Å². The van der Waals surface area contributed by atoms with Crippen molar-refractivity contribution in [3.63, 3.8) is 0 Å². The van der Waals surface area contributed by atoms with E-state index in [0.717, 1.165) is 37.2 Å². The smallest absolute Gasteiger partial charge is 0.272 e. The van der Waals surface area contributed by atoms with Crippen LogP contribution in [0.15, 0.2) is 148 Å². The van der Waals surface area contributed by atoms with Crippen molar-refractivity contribution in [1.82, 2.24) is 5.32 Å². The fourth-order valence-electron chi connectivity index (χ4n) is 5.06. The molecule has 1 atom stereocenters. The van der Waals surface area contributed by atoms with Crippen molar-refractivity contribution < 1.29 is 14.4 Å². The third kappa shape index (κ3) is 7.09. The van der Waals surface area contributed by atoms with Crippen molar-refractivity contribution >= 4 is 64.4 Å². The number of hydrogen-bond acceptors (Lipinski definition) is 5. The molecule has 6 rings (SSSR count). The maximum atomic E-state index is 13.9. The van der Waals surface area contributed by atoms with Gasteiger partial charge < -0.3 is 10.6 Å². The molecule has 1 aliphatic heterocycles. The van der Waals surface area contributed by atoms with E-state index >= 15 is 0 Å². The number of anilines is 3. The molecule has 1 heterocycles. The van der Waals surface area contributed by atoms with E-state index in [1.54, 1.807) is 54.2 Å². The van der Waals surface area contributed by atoms with Crippen LogP contribution in [-0.2, 0) is 9.59 Å². The number of hydrogen-bond donors (Lipinski definition) is 2. The minimum Gasteiger partial charge on any atom is -0.321 e. The number of nitrogens with one attached hydrogen (secondary N) is 2. The number of nitrogens with zero attached hydrogens (tertiary/aromatic N) is 1. The molecular formula is C38H31N3O3S2. The molecule has 1 aliphatic rings. The number of aryl methyl sites for hydroxylation is 1. The molecule has 6 nitrogen and oxygen atoms in total. The number of rotatable bonds is 8. The molecule has 5 aromatic rings. The molecule has 1 unspecified atom stereocenters. The molecule has 3 amide bonds. The van der Waals surface area contributed by atoms with E-state index in [4.69, 9.17) is 0 Å². The Morgan fingerprint density at radius 3 is 2.04 bits per heavy atom. The minimum atomic E-state index is -0.449. The van der Waals surface area contributed by atoms with Gasteiger partial charge in [-0.2, -0.15) is 0 Å². The maximum Gasteiger partial charge on any atom is 0.272 e. The number of para-hydroxylation sites is 2. The van der Waals surface area contributed by atoms with Gasteiger partial charge in [-0.1, -0.05) is 84.1 Å². The summed E-state index contributed by atoms with van der Waals surface area (Å²) in [4.78, 5) is 45.1. The fraction of sp³-hybridized carbons (Fsp3) is 0.0789. The minimum absolute atomic E-state index is 0.0114. The third-order valence-corrected chi connectivity index (χ3v) is 9.54. The van der Waals surface area contributed by atoms with Gasteiger partial charge in [0.15, 0.2) is 0 Å². The zero-order valence-electron chi connectivity index (χ0n) is 25.3. The zero-order chi connectivity index (χ0) is 32.0. The van der Waals surface area contributed by atoms with Crippen LogP contribution in [0.2, 0.25) is 0 Å². The first-order valence-electron chi connectivity index (χ1n) is 14.8. The van der Waals surface area contributed by atoms with Gasteiger partial charge in [-0.15, -0.1) is 11.8 Å². The Morgan fingerprint density at radius 2 is 1.39 bits per heavy atom. The van der Waals surface area contributed by atoms with Crippen LogP contribution in [0.5, 0.6) is 0 Å². The standard InChI is InChI=1S/C38H31N3O3S2/c1-25-11-10-12-27(23-25)24-31(40-36(42)28-13-4-3-5-14-28)37(43)39-29-19-21-30(22-20-29)45-26(2)38(44)41-32-15-6-8-17-34(32)46-35-18-9-7-16-33(35)41/h3-24,26H,1-2H3,(H,39,43)(H,40,42)/b31-24-. The Labute approximate surface area is 276 Å². The lowest BCUT2D eigenvalue weighted by Crippen LogP contribution is -2.34. The topological polar surface area (TPSA) is 78.5 Å². The highest BCUT2D eigenvalue weighted by Crippen LogP contribution is 2.48. The second-order valence-corrected chi connectivity index (χ2v) is 13.2. The van der Waals surface area contributed by atoms with Gasteiger partial charge in [-0.25, -0.2) is 0 Å². The van der Waals surface area contributed by atoms with E-state index in [1.165, 1.54) is 11.8 Å². The largest absolute Gasteiger partial charge is 0.321 e. The average Bonchev–Trinajstić information content (AvgIpc) is 3.07. The summed E-state index contributed by atoms with van der Waals surface area (Å²) >= 11 is 3.13. The molecule has 0 fully saturated rings. The van der Waals surface area contributed by atoms with Gasteiger partial charge in [0.25, 0.3) is 11.8 Å². The van der Waals surface area contributed by atoms with Gasteiger partial charge in [-0.3, -0.25) is 19.3 Å². The Kier molecular flexibility index (Phi) is 9.38. The molecule has 0 aliphatic carbocycles. The van der Waals surface area contributed by atoms with Gasteiger partial charge in [0.1, 0.15) is 5.70 Å². The number of carbonyl (C=O) groups is 3. The second kappa shape index (κ2) is 13.9. The van der Waals surface area contributed by atoms with Gasteiger partial charge in [0.2, 0.25) is 5.91 Å². The van der Waals surface area contributed by atoms with Crippen LogP contribution in [-0.4, -0.2) is 23.0 Å². The summed E-state index contributed by atoms with van der Waals surface area (Å²) in [6, 6.07) is 39.7. The van der Waals surface area contributed by atoms with Crippen molar-refractivity contribution in [2.45, 2.75) is 33.8 Å². The lowest BCUT2D eigenvalue weighted by atomic mass is 10.1. The van der Waals surface area contributed by atoms with Crippen molar-refractivity contribution in [2.24, 2.45) is 0 Å². The normalized spacial score (nSPS) is 12.8. The SMILES string of the molecule is Cc1cccc(/C=C(\NC(=O)c2ccccc2)C(=O)Nc2ccc(SC(C)C(=O)N3c4ccccc4Sc4ccccc43)cc2)c1. The van der Waals surface area contributed by atoms with E-state index in [9.17, 15) is 14.4 Å². The molecule has 0 aromatic heterocycles. The van der Waals surface area contributed by atoms with E-state index in [2.05, 4.69) is 10.6 Å². The summed E-state index contributed by atoms with van der Waals surface area (Å²) < 4.78 is 0. The van der Waals surface area contributed by atoms with Crippen LogP contribution < -0.4 is 15.5 Å². The summed E-state index contributed by atoms with van der Waals surface area (Å²) in [5, 5.41) is 5.31. The van der Waals surface area contributed by atoms with E-state index < -0.39 is 5.91 Å². The molecule has 0 saturated carbocycles. The summed E-state index contributed by atoms with van der Waals surface area (Å²) in [5.41, 5.74) is 4.74. The van der Waals surface area contributed by atoms with Crippen LogP contribution in [0.3, 0.4) is 0 Å². The van der Waals surface area contributed by atoms with Crippen molar-refractivity contribution in [3.05, 3.63) is 150 Å². The summed E-state index contributed by atoms with van der Waals surface area (Å²) in [7, 11) is 0. The molecule has 0 radical (unpaired) electrons. The molecule has 46 heavy (non-hydrogen) atoms. The van der Waals surface area contributed by atoms with Crippen LogP contribution in [0, 0.1) is 6.92 Å². The highest BCUT2D eigenvalue weighted by molar-refractivity contribution is 8.00. The van der Waals surface area contributed by atoms with Gasteiger partial charge in [0.05, 0.1) is 16.6 Å². The molecular weight excluding hydrogens is 611 g/mol. The number of thioether (sulfide) groups is 1. The Bertz CT molecular complexity index is 1900. The number of benzene rings is 5. The monoisotopic (exact) mass is 641 g/mol. The van der Waals surface area contributed by atoms with Crippen molar-refractivity contribution in [3.8, 4) is 0 Å². The van der Waals surface area contributed by atoms with Gasteiger partial charge >= 0.3 is 0 Å². The van der Waals surface area contributed by atoms with Crippen LogP contribution in [0.4, 0.5) is 17.1 Å². The molecule has 2 N–H and O–H groups in total. The third-order valence-electron chi connectivity index (χ3n) is 7.31. The number of fused-ring (bicyclic) bond motifs is 2. The highest BCUT2D eigenvalue weighted by atomic mass is 32.2. The Balaban J connectivity index is 1.16. The molecule has 228 valence electrons. The highest BCUT2D eigenvalue weighted by Gasteiger charge is 2.31. The Morgan fingerprint density at radius 1 is 0.761 bits per heavy atom. The number of carbonyl (C=O) groups excluding carboxylic acids is 3. The number of amides is 3. The zero-order valence-corrected chi connectivity index (χ0v) is 26.9. The first kappa shape index (κ1) is 31.0. The van der Waals surface area contributed by atoms with Gasteiger partial charge in [-0.05, 0) is 86.2 Å². The molecule has 0 bridgehead atoms. The van der Waals surface area contributed by atoms with E-state index in [1.807, 2.05) is 110 Å². The van der Waals surface area contributed by atoms with Crippen molar-refractivity contribution in [2.75, 3.05) is 10.2 Å². The Hall–Kier alpha value is -5.05. The average molecular weight is 642 g/mol. The second-order valence-electron chi connectivity index (χ2n) is 10.7. The van der Waals surface area contributed by atoms with Crippen LogP contribution in [0.1, 0.15) is 28.4 Å². The van der Waals surface area contributed by atoms with Crippen LogP contribution >= 0.6 is 23.5 Å². The molecule has 0 saturated heterocycles. The lowest BCUT2D eigenvalue weighted by Gasteiger charge is -2.32.